The SMILES string of the molecule is COC(=O)c1ccc(N2C(=O)CC(N(Cc3cccs3)C(=O)c3cccc([N+](=O)[O-])c3)C2=O)cc1. The van der Waals surface area contributed by atoms with E-state index in [1.54, 1.807) is 12.1 Å². The van der Waals surface area contributed by atoms with Gasteiger partial charge in [0.15, 0.2) is 0 Å². The molecule has 3 amide bonds. The highest BCUT2D eigenvalue weighted by Crippen LogP contribution is 2.29. The molecule has 1 aromatic heterocycles. The Bertz CT molecular complexity index is 1300. The van der Waals surface area contributed by atoms with Crippen molar-refractivity contribution in [2.24, 2.45) is 0 Å². The van der Waals surface area contributed by atoms with Crippen LogP contribution in [0.1, 0.15) is 32.0 Å². The number of ether oxygens (including phenoxy) is 1. The summed E-state index contributed by atoms with van der Waals surface area (Å²) >= 11 is 1.38. The maximum absolute atomic E-state index is 13.5. The van der Waals surface area contributed by atoms with E-state index in [-0.39, 0.29) is 35.5 Å². The fourth-order valence-electron chi connectivity index (χ4n) is 3.81. The number of hydrogen-bond donors (Lipinski definition) is 0. The van der Waals surface area contributed by atoms with Crippen LogP contribution >= 0.6 is 11.3 Å². The summed E-state index contributed by atoms with van der Waals surface area (Å²) < 4.78 is 4.66. The number of nitrogens with zero attached hydrogens (tertiary/aromatic N) is 3. The Balaban J connectivity index is 1.66. The number of amides is 3. The van der Waals surface area contributed by atoms with Crippen LogP contribution in [0.3, 0.4) is 0 Å². The minimum atomic E-state index is -1.10. The van der Waals surface area contributed by atoms with E-state index < -0.39 is 34.7 Å². The third kappa shape index (κ3) is 4.80. The van der Waals surface area contributed by atoms with E-state index in [0.717, 1.165) is 15.8 Å². The molecule has 1 aliphatic heterocycles. The molecule has 1 atom stereocenters. The number of nitro benzene ring substituents is 1. The number of carbonyl (C=O) groups is 4. The molecule has 178 valence electrons. The quantitative estimate of drug-likeness (QED) is 0.214. The summed E-state index contributed by atoms with van der Waals surface area (Å²) in [5.41, 5.74) is 0.297. The molecule has 0 aliphatic carbocycles. The summed E-state index contributed by atoms with van der Waals surface area (Å²) in [6.07, 6.45) is -0.246. The Hall–Kier alpha value is -4.38. The normalized spacial score (nSPS) is 15.2. The van der Waals surface area contributed by atoms with Crippen molar-refractivity contribution >= 4 is 46.4 Å². The van der Waals surface area contributed by atoms with Gasteiger partial charge in [0.2, 0.25) is 5.91 Å². The molecule has 3 aromatic rings. The average molecular weight is 493 g/mol. The lowest BCUT2D eigenvalue weighted by Gasteiger charge is -2.27. The summed E-state index contributed by atoms with van der Waals surface area (Å²) in [4.78, 5) is 65.0. The molecule has 0 saturated carbocycles. The molecule has 0 N–H and O–H groups in total. The van der Waals surface area contributed by atoms with E-state index in [1.165, 1.54) is 65.8 Å². The molecule has 1 saturated heterocycles. The highest BCUT2D eigenvalue weighted by atomic mass is 32.1. The van der Waals surface area contributed by atoms with Crippen molar-refractivity contribution in [2.45, 2.75) is 19.0 Å². The smallest absolute Gasteiger partial charge is 0.337 e. The zero-order valence-electron chi connectivity index (χ0n) is 18.5. The number of methoxy groups -OCH3 is 1. The molecule has 1 aliphatic rings. The fourth-order valence-corrected chi connectivity index (χ4v) is 4.51. The van der Waals surface area contributed by atoms with Gasteiger partial charge in [-0.2, -0.15) is 0 Å². The van der Waals surface area contributed by atoms with Crippen LogP contribution in [-0.2, 0) is 20.9 Å². The second-order valence-electron chi connectivity index (χ2n) is 7.65. The minimum absolute atomic E-state index is 0.0388. The van der Waals surface area contributed by atoms with Crippen LogP contribution in [0.4, 0.5) is 11.4 Å². The average Bonchev–Trinajstić information content (AvgIpc) is 3.49. The van der Waals surface area contributed by atoms with E-state index in [0.29, 0.717) is 0 Å². The monoisotopic (exact) mass is 493 g/mol. The molecule has 1 unspecified atom stereocenters. The Morgan fingerprint density at radius 3 is 2.49 bits per heavy atom. The molecule has 0 radical (unpaired) electrons. The number of anilines is 1. The molecule has 11 heteroatoms. The summed E-state index contributed by atoms with van der Waals surface area (Å²) in [6, 6.07) is 13.5. The first-order valence-electron chi connectivity index (χ1n) is 10.4. The first-order valence-corrected chi connectivity index (χ1v) is 11.3. The van der Waals surface area contributed by atoms with E-state index in [2.05, 4.69) is 4.74 Å². The van der Waals surface area contributed by atoms with Crippen molar-refractivity contribution in [3.8, 4) is 0 Å². The van der Waals surface area contributed by atoms with Crippen LogP contribution < -0.4 is 4.90 Å². The lowest BCUT2D eigenvalue weighted by molar-refractivity contribution is -0.384. The van der Waals surface area contributed by atoms with Gasteiger partial charge in [0.05, 0.1) is 36.2 Å². The maximum atomic E-state index is 13.5. The number of nitro groups is 1. The van der Waals surface area contributed by atoms with Gasteiger partial charge in [-0.05, 0) is 41.8 Å². The van der Waals surface area contributed by atoms with Crippen LogP contribution in [0.5, 0.6) is 0 Å². The van der Waals surface area contributed by atoms with Crippen molar-refractivity contribution < 1.29 is 28.8 Å². The number of rotatable bonds is 7. The Morgan fingerprint density at radius 1 is 1.11 bits per heavy atom. The van der Waals surface area contributed by atoms with Gasteiger partial charge in [-0.1, -0.05) is 12.1 Å². The Kier molecular flexibility index (Phi) is 6.69. The maximum Gasteiger partial charge on any atom is 0.337 e. The number of esters is 1. The molecular weight excluding hydrogens is 474 g/mol. The van der Waals surface area contributed by atoms with Gasteiger partial charge in [-0.3, -0.25) is 24.5 Å². The standard InChI is InChI=1S/C24H19N3O7S/c1-34-24(31)15-7-9-17(10-8-15)26-21(28)13-20(23(26)30)25(14-19-6-3-11-35-19)22(29)16-4-2-5-18(12-16)27(32)33/h2-12,20H,13-14H2,1H3. The van der Waals surface area contributed by atoms with Gasteiger partial charge in [0, 0.05) is 22.6 Å². The number of carbonyl (C=O) groups excluding carboxylic acids is 4. The topological polar surface area (TPSA) is 127 Å². The molecule has 1 fully saturated rings. The van der Waals surface area contributed by atoms with Crippen molar-refractivity contribution in [3.63, 3.8) is 0 Å². The summed E-state index contributed by atoms with van der Waals surface area (Å²) in [5, 5.41) is 13.0. The van der Waals surface area contributed by atoms with Crippen molar-refractivity contribution in [1.82, 2.24) is 4.90 Å². The van der Waals surface area contributed by atoms with Crippen LogP contribution in [0.2, 0.25) is 0 Å². The molecule has 35 heavy (non-hydrogen) atoms. The van der Waals surface area contributed by atoms with Crippen LogP contribution in [-0.4, -0.2) is 46.7 Å². The van der Waals surface area contributed by atoms with Crippen LogP contribution in [0.25, 0.3) is 0 Å². The first-order chi connectivity index (χ1) is 16.8. The van der Waals surface area contributed by atoms with Gasteiger partial charge in [0.25, 0.3) is 17.5 Å². The van der Waals surface area contributed by atoms with Crippen molar-refractivity contribution in [1.29, 1.82) is 0 Å². The zero-order chi connectivity index (χ0) is 25.1. The fraction of sp³-hybridized carbons (Fsp3) is 0.167. The zero-order valence-corrected chi connectivity index (χ0v) is 19.3. The van der Waals surface area contributed by atoms with E-state index in [1.807, 2.05) is 5.38 Å². The lowest BCUT2D eigenvalue weighted by Crippen LogP contribution is -2.45. The largest absolute Gasteiger partial charge is 0.465 e. The predicted molar refractivity (Wildman–Crippen MR) is 126 cm³/mol. The van der Waals surface area contributed by atoms with Gasteiger partial charge < -0.3 is 9.64 Å². The molecule has 2 aromatic carbocycles. The van der Waals surface area contributed by atoms with Gasteiger partial charge >= 0.3 is 5.97 Å². The van der Waals surface area contributed by atoms with Crippen molar-refractivity contribution in [2.75, 3.05) is 12.0 Å². The molecule has 10 nitrogen and oxygen atoms in total. The third-order valence-electron chi connectivity index (χ3n) is 5.52. The minimum Gasteiger partial charge on any atom is -0.465 e. The van der Waals surface area contributed by atoms with Gasteiger partial charge in [-0.25, -0.2) is 9.69 Å². The van der Waals surface area contributed by atoms with Gasteiger partial charge in [-0.15, -0.1) is 11.3 Å². The highest BCUT2D eigenvalue weighted by Gasteiger charge is 2.44. The second kappa shape index (κ2) is 9.85. The number of non-ortho nitro benzene ring substituents is 1. The second-order valence-corrected chi connectivity index (χ2v) is 8.68. The molecule has 2 heterocycles. The highest BCUT2D eigenvalue weighted by molar-refractivity contribution is 7.09. The first kappa shape index (κ1) is 23.8. The summed E-state index contributed by atoms with van der Waals surface area (Å²) in [7, 11) is 1.24. The predicted octanol–water partition coefficient (Wildman–Crippen LogP) is 3.42. The summed E-state index contributed by atoms with van der Waals surface area (Å²) in [5.74, 6) is -2.26. The molecule has 4 rings (SSSR count). The Morgan fingerprint density at radius 2 is 1.86 bits per heavy atom. The molecular formula is C24H19N3O7S. The Labute approximate surface area is 203 Å². The molecule has 0 bridgehead atoms. The van der Waals surface area contributed by atoms with Gasteiger partial charge in [0.1, 0.15) is 6.04 Å². The van der Waals surface area contributed by atoms with Crippen LogP contribution in [0, 0.1) is 10.1 Å². The van der Waals surface area contributed by atoms with E-state index in [4.69, 9.17) is 0 Å². The van der Waals surface area contributed by atoms with Crippen molar-refractivity contribution in [3.05, 3.63) is 92.2 Å². The number of benzene rings is 2. The third-order valence-corrected chi connectivity index (χ3v) is 6.38. The summed E-state index contributed by atoms with van der Waals surface area (Å²) in [6.45, 7) is 0.0536. The lowest BCUT2D eigenvalue weighted by atomic mass is 10.1. The number of hydrogen-bond acceptors (Lipinski definition) is 8. The van der Waals surface area contributed by atoms with Crippen LogP contribution in [0.15, 0.2) is 66.0 Å². The molecule has 0 spiro atoms. The number of thiophene rings is 1. The van der Waals surface area contributed by atoms with E-state index >= 15 is 0 Å². The van der Waals surface area contributed by atoms with E-state index in [9.17, 15) is 29.3 Å². The number of imide groups is 1.